The number of alkyl halides is 3. The molecular weight excluding hydrogens is 403 g/mol. The number of allylic oxidation sites excluding steroid dienone is 2. The van der Waals surface area contributed by atoms with Crippen molar-refractivity contribution >= 4 is 33.2 Å². The number of Topliss-reactive ketones (excluding diaryl/α,β-unsaturated/α-hetero) is 2. The Labute approximate surface area is 148 Å². The van der Waals surface area contributed by atoms with E-state index in [1.807, 2.05) is 0 Å². The van der Waals surface area contributed by atoms with Crippen LogP contribution in [0.25, 0.3) is 0 Å². The number of hydrogen-bond donors (Lipinski definition) is 1. The molecule has 0 aliphatic heterocycles. The van der Waals surface area contributed by atoms with E-state index in [1.165, 1.54) is 25.4 Å². The highest BCUT2D eigenvalue weighted by Gasteiger charge is 2.34. The summed E-state index contributed by atoms with van der Waals surface area (Å²) >= 11 is 3.06. The topological polar surface area (TPSA) is 72.0 Å². The van der Waals surface area contributed by atoms with Gasteiger partial charge in [0.25, 0.3) is 0 Å². The van der Waals surface area contributed by atoms with Crippen LogP contribution in [0.1, 0.15) is 32.1 Å². The van der Waals surface area contributed by atoms with Crippen molar-refractivity contribution in [3.63, 3.8) is 0 Å². The van der Waals surface area contributed by atoms with Gasteiger partial charge in [0.2, 0.25) is 11.6 Å². The number of hydrogen-bond acceptors (Lipinski definition) is 5. The molecule has 0 radical (unpaired) electrons. The summed E-state index contributed by atoms with van der Waals surface area (Å²) in [6.45, 7) is 1.47. The Hall–Kier alpha value is -2.55. The van der Waals surface area contributed by atoms with Gasteiger partial charge >= 0.3 is 6.18 Å². The van der Waals surface area contributed by atoms with Gasteiger partial charge in [-0.1, -0.05) is 0 Å². The number of ketones is 2. The molecule has 1 aliphatic carbocycles. The fourth-order valence-corrected chi connectivity index (χ4v) is 2.80. The van der Waals surface area contributed by atoms with Crippen LogP contribution in [-0.2, 0) is 6.18 Å². The minimum absolute atomic E-state index is 0.0511. The van der Waals surface area contributed by atoms with Gasteiger partial charge in [-0.25, -0.2) is 9.97 Å². The third-order valence-corrected chi connectivity index (χ3v) is 4.34. The van der Waals surface area contributed by atoms with Crippen molar-refractivity contribution in [2.24, 2.45) is 0 Å². The molecule has 0 atom stereocenters. The maximum Gasteiger partial charge on any atom is 0.416 e. The first-order valence-corrected chi connectivity index (χ1v) is 7.74. The lowest BCUT2D eigenvalue weighted by molar-refractivity contribution is -0.137. The Morgan fingerprint density at radius 1 is 1.04 bits per heavy atom. The van der Waals surface area contributed by atoms with Crippen molar-refractivity contribution in [2.75, 3.05) is 5.32 Å². The molecule has 128 valence electrons. The number of nitrogens with zero attached hydrogens (tertiary/aromatic N) is 2. The van der Waals surface area contributed by atoms with Crippen molar-refractivity contribution in [1.29, 1.82) is 0 Å². The molecule has 0 fully saturated rings. The second kappa shape index (κ2) is 6.07. The Morgan fingerprint density at radius 3 is 2.20 bits per heavy atom. The van der Waals surface area contributed by atoms with E-state index in [0.29, 0.717) is 0 Å². The van der Waals surface area contributed by atoms with Gasteiger partial charge in [-0.05, 0) is 46.6 Å². The molecule has 0 saturated carbocycles. The molecule has 0 saturated heterocycles. The number of rotatable bonds is 2. The largest absolute Gasteiger partial charge is 0.416 e. The minimum atomic E-state index is -4.46. The number of nitrogens with one attached hydrogen (secondary N) is 1. The third-order valence-electron chi connectivity index (χ3n) is 3.59. The van der Waals surface area contributed by atoms with Crippen LogP contribution in [0.5, 0.6) is 0 Å². The van der Waals surface area contributed by atoms with Crippen LogP contribution in [-0.4, -0.2) is 21.5 Å². The Kier molecular flexibility index (Phi) is 4.19. The molecule has 1 aromatic heterocycles. The molecular formula is C16H9BrF3N3O2. The standard InChI is InChI=1S/C16H9BrF3N3O2/c1-7-6-8(16(18,19)20)2-3-9(7)23-11-10(17)14(24)12-13(15(11)25)22-5-4-21-12/h2-6,23H,1H3. The van der Waals surface area contributed by atoms with Crippen LogP contribution < -0.4 is 5.32 Å². The second-order valence-electron chi connectivity index (χ2n) is 5.25. The normalized spacial score (nSPS) is 14.6. The molecule has 0 spiro atoms. The zero-order valence-electron chi connectivity index (χ0n) is 12.6. The Bertz CT molecular complexity index is 938. The highest BCUT2D eigenvalue weighted by Crippen LogP contribution is 2.33. The molecule has 2 aromatic rings. The van der Waals surface area contributed by atoms with Gasteiger partial charge in [0.15, 0.2) is 0 Å². The van der Waals surface area contributed by atoms with Gasteiger partial charge < -0.3 is 5.32 Å². The molecule has 1 aromatic carbocycles. The molecule has 5 nitrogen and oxygen atoms in total. The van der Waals surface area contributed by atoms with Gasteiger partial charge in [-0.2, -0.15) is 13.2 Å². The van der Waals surface area contributed by atoms with Crippen LogP contribution in [0, 0.1) is 6.92 Å². The molecule has 1 aliphatic rings. The lowest BCUT2D eigenvalue weighted by atomic mass is 10.0. The van der Waals surface area contributed by atoms with Crippen LogP contribution in [0.3, 0.4) is 0 Å². The van der Waals surface area contributed by atoms with Crippen molar-refractivity contribution in [1.82, 2.24) is 9.97 Å². The zero-order chi connectivity index (χ0) is 18.4. The summed E-state index contributed by atoms with van der Waals surface area (Å²) in [6, 6.07) is 3.06. The summed E-state index contributed by atoms with van der Waals surface area (Å²) in [5.74, 6) is -1.11. The number of carbonyl (C=O) groups is 2. The van der Waals surface area contributed by atoms with Gasteiger partial charge in [0.05, 0.1) is 10.0 Å². The van der Waals surface area contributed by atoms with E-state index in [2.05, 4.69) is 31.2 Å². The highest BCUT2D eigenvalue weighted by atomic mass is 79.9. The number of aromatic nitrogens is 2. The van der Waals surface area contributed by atoms with E-state index in [9.17, 15) is 22.8 Å². The van der Waals surface area contributed by atoms with E-state index in [0.717, 1.165) is 12.1 Å². The van der Waals surface area contributed by atoms with Gasteiger partial charge in [-0.15, -0.1) is 0 Å². The Morgan fingerprint density at radius 2 is 1.64 bits per heavy atom. The van der Waals surface area contributed by atoms with Gasteiger partial charge in [-0.3, -0.25) is 9.59 Å². The molecule has 1 heterocycles. The highest BCUT2D eigenvalue weighted by molar-refractivity contribution is 9.12. The molecule has 9 heteroatoms. The van der Waals surface area contributed by atoms with Crippen LogP contribution in [0.2, 0.25) is 0 Å². The van der Waals surface area contributed by atoms with Crippen molar-refractivity contribution in [2.45, 2.75) is 13.1 Å². The van der Waals surface area contributed by atoms with Gasteiger partial charge in [0, 0.05) is 18.1 Å². The predicted octanol–water partition coefficient (Wildman–Crippen LogP) is 3.90. The summed E-state index contributed by atoms with van der Waals surface area (Å²) in [5, 5.41) is 2.73. The van der Waals surface area contributed by atoms with Crippen molar-refractivity contribution in [3.05, 3.63) is 63.3 Å². The van der Waals surface area contributed by atoms with E-state index in [-0.39, 0.29) is 32.8 Å². The predicted molar refractivity (Wildman–Crippen MR) is 86.4 cm³/mol. The number of halogens is 4. The van der Waals surface area contributed by atoms with Crippen LogP contribution in [0.15, 0.2) is 40.8 Å². The molecule has 3 rings (SSSR count). The van der Waals surface area contributed by atoms with E-state index in [1.54, 1.807) is 0 Å². The van der Waals surface area contributed by atoms with E-state index in [4.69, 9.17) is 0 Å². The summed E-state index contributed by atoms with van der Waals surface area (Å²) in [4.78, 5) is 32.5. The average Bonchev–Trinajstić information content (AvgIpc) is 2.57. The van der Waals surface area contributed by atoms with Crippen molar-refractivity contribution in [3.8, 4) is 0 Å². The molecule has 25 heavy (non-hydrogen) atoms. The number of benzene rings is 1. The monoisotopic (exact) mass is 411 g/mol. The number of fused-ring (bicyclic) bond motifs is 1. The summed E-state index contributed by atoms with van der Waals surface area (Å²) < 4.78 is 38.2. The zero-order valence-corrected chi connectivity index (χ0v) is 14.2. The van der Waals surface area contributed by atoms with E-state index < -0.39 is 23.3 Å². The molecule has 0 unspecified atom stereocenters. The minimum Gasteiger partial charge on any atom is -0.351 e. The van der Waals surface area contributed by atoms with Crippen molar-refractivity contribution < 1.29 is 22.8 Å². The van der Waals surface area contributed by atoms with Crippen LogP contribution in [0.4, 0.5) is 18.9 Å². The lowest BCUT2D eigenvalue weighted by Gasteiger charge is -2.19. The maximum absolute atomic E-state index is 12.7. The SMILES string of the molecule is Cc1cc(C(F)(F)F)ccc1NC1=C(Br)C(=O)c2nccnc2C1=O. The summed E-state index contributed by atoms with van der Waals surface area (Å²) in [7, 11) is 0. The fraction of sp³-hybridized carbons (Fsp3) is 0.125. The number of anilines is 1. The molecule has 0 bridgehead atoms. The maximum atomic E-state index is 12.7. The smallest absolute Gasteiger partial charge is 0.351 e. The summed E-state index contributed by atoms with van der Waals surface area (Å²) in [6.07, 6.45) is -1.89. The average molecular weight is 412 g/mol. The van der Waals surface area contributed by atoms with Gasteiger partial charge in [0.1, 0.15) is 17.1 Å². The summed E-state index contributed by atoms with van der Waals surface area (Å²) in [5.41, 5.74) is -0.537. The number of aryl methyl sites for hydroxylation is 1. The fourth-order valence-electron chi connectivity index (χ4n) is 2.33. The Balaban J connectivity index is 2.00. The quantitative estimate of drug-likeness (QED) is 0.810. The first-order valence-electron chi connectivity index (χ1n) is 6.95. The van der Waals surface area contributed by atoms with Crippen LogP contribution >= 0.6 is 15.9 Å². The molecule has 0 amide bonds. The first kappa shape index (κ1) is 17.3. The molecule has 1 N–H and O–H groups in total. The number of carbonyl (C=O) groups excluding carboxylic acids is 2. The van der Waals surface area contributed by atoms with E-state index >= 15 is 0 Å². The second-order valence-corrected chi connectivity index (χ2v) is 6.05. The third kappa shape index (κ3) is 3.07. The first-order chi connectivity index (χ1) is 11.7. The lowest BCUT2D eigenvalue weighted by Crippen LogP contribution is -2.26.